The first kappa shape index (κ1) is 20.6. The number of hydrogen-bond donors (Lipinski definition) is 3. The number of fused-ring (bicyclic) bond motifs is 1. The van der Waals surface area contributed by atoms with Gasteiger partial charge in [-0.15, -0.1) is 4.36 Å². The Morgan fingerprint density at radius 3 is 2.87 bits per heavy atom. The van der Waals surface area contributed by atoms with Gasteiger partial charge in [0.15, 0.2) is 5.82 Å². The second kappa shape index (κ2) is 8.22. The Labute approximate surface area is 177 Å². The number of halogens is 2. The molecular weight excluding hydrogens is 424 g/mol. The first-order valence-electron chi connectivity index (χ1n) is 9.10. The Morgan fingerprint density at radius 2 is 2.06 bits per heavy atom. The third-order valence-corrected chi connectivity index (χ3v) is 5.97. The summed E-state index contributed by atoms with van der Waals surface area (Å²) in [5.41, 5.74) is 1.83. The lowest BCUT2D eigenvalue weighted by Gasteiger charge is -2.16. The van der Waals surface area contributed by atoms with Gasteiger partial charge in [0.05, 0.1) is 17.8 Å². The van der Waals surface area contributed by atoms with Crippen molar-refractivity contribution in [1.29, 1.82) is 5.26 Å². The smallest absolute Gasteiger partial charge is 0.227 e. The van der Waals surface area contributed by atoms with Crippen LogP contribution < -0.4 is 5.32 Å². The van der Waals surface area contributed by atoms with Gasteiger partial charge in [-0.3, -0.25) is 0 Å². The van der Waals surface area contributed by atoms with E-state index in [0.29, 0.717) is 11.3 Å². The van der Waals surface area contributed by atoms with Crippen LogP contribution in [0.1, 0.15) is 5.56 Å². The molecule has 0 aliphatic carbocycles. The third-order valence-electron chi connectivity index (χ3n) is 4.49. The average Bonchev–Trinajstić information content (AvgIpc) is 3.21. The monoisotopic (exact) mass is 441 g/mol. The van der Waals surface area contributed by atoms with Crippen LogP contribution in [0, 0.1) is 23.1 Å². The molecule has 2 heterocycles. The van der Waals surface area contributed by atoms with E-state index >= 15 is 0 Å². The van der Waals surface area contributed by atoms with Crippen LogP contribution in [0.3, 0.4) is 0 Å². The summed E-state index contributed by atoms with van der Waals surface area (Å²) in [4.78, 5) is 8.22. The fourth-order valence-corrected chi connectivity index (χ4v) is 4.34. The SMILES string of the molecule is C[SH](O)(Cc1cccc(Nc2ncc(F)c(-c3ccc(F)c4ccoc34)n2)c1)=NC#N. The van der Waals surface area contributed by atoms with Gasteiger partial charge in [0.2, 0.25) is 12.1 Å². The lowest BCUT2D eigenvalue weighted by Crippen LogP contribution is -2.10. The summed E-state index contributed by atoms with van der Waals surface area (Å²) in [6.45, 7) is 0. The molecule has 2 N–H and O–H groups in total. The molecule has 31 heavy (non-hydrogen) atoms. The van der Waals surface area contributed by atoms with Crippen molar-refractivity contribution in [3.05, 3.63) is 72.1 Å². The van der Waals surface area contributed by atoms with Gasteiger partial charge in [0.25, 0.3) is 0 Å². The highest BCUT2D eigenvalue weighted by molar-refractivity contribution is 7.98. The number of aromatic nitrogens is 2. The Bertz CT molecular complexity index is 1370. The zero-order valence-electron chi connectivity index (χ0n) is 16.3. The summed E-state index contributed by atoms with van der Waals surface area (Å²) in [6, 6.07) is 11.2. The van der Waals surface area contributed by atoms with Crippen LogP contribution in [0.5, 0.6) is 0 Å². The number of thiol groups is 1. The minimum Gasteiger partial charge on any atom is -0.464 e. The van der Waals surface area contributed by atoms with Gasteiger partial charge >= 0.3 is 0 Å². The van der Waals surface area contributed by atoms with Crippen molar-refractivity contribution in [3.63, 3.8) is 0 Å². The highest BCUT2D eigenvalue weighted by Gasteiger charge is 2.17. The molecule has 0 aliphatic rings. The maximum absolute atomic E-state index is 14.5. The second-order valence-electron chi connectivity index (χ2n) is 6.92. The van der Waals surface area contributed by atoms with Crippen molar-refractivity contribution in [2.45, 2.75) is 5.75 Å². The zero-order chi connectivity index (χ0) is 22.0. The van der Waals surface area contributed by atoms with Crippen LogP contribution in [0.25, 0.3) is 22.2 Å². The Balaban J connectivity index is 1.66. The van der Waals surface area contributed by atoms with Crippen LogP contribution in [-0.4, -0.2) is 20.8 Å². The van der Waals surface area contributed by atoms with E-state index in [9.17, 15) is 13.3 Å². The number of anilines is 2. The Kier molecular flexibility index (Phi) is 5.46. The van der Waals surface area contributed by atoms with Crippen LogP contribution in [0.2, 0.25) is 0 Å². The lowest BCUT2D eigenvalue weighted by molar-refractivity contribution is 0.605. The summed E-state index contributed by atoms with van der Waals surface area (Å²) in [5.74, 6) is -0.792. The number of hydrogen-bond acceptors (Lipinski definition) is 6. The van der Waals surface area contributed by atoms with Gasteiger partial charge in [0.1, 0.15) is 17.1 Å². The number of nitrogens with one attached hydrogen (secondary N) is 1. The van der Waals surface area contributed by atoms with E-state index in [4.69, 9.17) is 9.68 Å². The number of nitrogens with zero attached hydrogens (tertiary/aromatic N) is 4. The summed E-state index contributed by atoms with van der Waals surface area (Å²) < 4.78 is 47.6. The van der Waals surface area contributed by atoms with Crippen LogP contribution in [0.15, 0.2) is 63.7 Å². The van der Waals surface area contributed by atoms with Crippen LogP contribution in [-0.2, 0) is 15.9 Å². The lowest BCUT2D eigenvalue weighted by atomic mass is 10.1. The van der Waals surface area contributed by atoms with Gasteiger partial charge in [-0.05, 0) is 42.2 Å². The number of furan rings is 1. The van der Waals surface area contributed by atoms with Gasteiger partial charge in [-0.1, -0.05) is 22.2 Å². The minimum atomic E-state index is -2.73. The first-order chi connectivity index (χ1) is 14.9. The van der Waals surface area contributed by atoms with Crippen LogP contribution in [0.4, 0.5) is 20.4 Å². The number of benzene rings is 2. The van der Waals surface area contributed by atoms with Gasteiger partial charge in [-0.2, -0.15) is 5.26 Å². The predicted octanol–water partition coefficient (Wildman–Crippen LogP) is 5.07. The molecule has 0 radical (unpaired) electrons. The summed E-state index contributed by atoms with van der Waals surface area (Å²) in [6.07, 6.45) is 5.54. The van der Waals surface area contributed by atoms with Gasteiger partial charge < -0.3 is 14.3 Å². The minimum absolute atomic E-state index is 0.0321. The van der Waals surface area contributed by atoms with E-state index < -0.39 is 21.7 Å². The molecule has 10 heteroatoms. The molecule has 0 saturated carbocycles. The van der Waals surface area contributed by atoms with E-state index in [1.165, 1.54) is 24.5 Å². The van der Waals surface area contributed by atoms with E-state index in [1.54, 1.807) is 36.7 Å². The van der Waals surface area contributed by atoms with E-state index in [1.807, 2.05) is 0 Å². The molecule has 0 amide bonds. The molecule has 158 valence electrons. The summed E-state index contributed by atoms with van der Waals surface area (Å²) in [7, 11) is -2.73. The van der Waals surface area contributed by atoms with Crippen molar-refractivity contribution in [2.24, 2.45) is 4.36 Å². The average molecular weight is 441 g/mol. The highest BCUT2D eigenvalue weighted by Crippen LogP contribution is 2.32. The van der Waals surface area contributed by atoms with Crippen molar-refractivity contribution in [2.75, 3.05) is 11.6 Å². The summed E-state index contributed by atoms with van der Waals surface area (Å²) >= 11 is 0. The molecule has 0 fully saturated rings. The highest BCUT2D eigenvalue weighted by atomic mass is 32.3. The molecule has 4 aromatic rings. The molecule has 0 bridgehead atoms. The molecule has 0 aliphatic heterocycles. The maximum Gasteiger partial charge on any atom is 0.227 e. The second-order valence-corrected chi connectivity index (χ2v) is 9.61. The number of nitriles is 1. The van der Waals surface area contributed by atoms with E-state index in [0.717, 1.165) is 11.8 Å². The van der Waals surface area contributed by atoms with Crippen molar-refractivity contribution in [1.82, 2.24) is 9.97 Å². The predicted molar refractivity (Wildman–Crippen MR) is 116 cm³/mol. The molecule has 0 unspecified atom stereocenters. The van der Waals surface area contributed by atoms with Crippen molar-refractivity contribution < 1.29 is 17.8 Å². The van der Waals surface area contributed by atoms with Gasteiger partial charge in [0, 0.05) is 17.0 Å². The van der Waals surface area contributed by atoms with Crippen molar-refractivity contribution in [3.8, 4) is 17.5 Å². The summed E-state index contributed by atoms with van der Waals surface area (Å²) in [5, 5.41) is 11.9. The molecule has 4 rings (SSSR count). The zero-order valence-corrected chi connectivity index (χ0v) is 17.1. The Morgan fingerprint density at radius 1 is 1.23 bits per heavy atom. The largest absolute Gasteiger partial charge is 0.464 e. The topological polar surface area (TPSA) is 107 Å². The normalized spacial score (nSPS) is 11.8. The standard InChI is InChI=1S/C21H17F2N5O2S/c1-31(29,26-12-24)11-13-3-2-4-14(9-13)27-21-25-10-18(23)19(28-21)16-5-6-17(22)15-7-8-30-20(15)16/h2-10,31H,11H2,1H3,(H,26,29)(H,25,27,28). The molecule has 0 atom stereocenters. The maximum atomic E-state index is 14.5. The molecule has 0 saturated heterocycles. The quantitative estimate of drug-likeness (QED) is 0.295. The van der Waals surface area contributed by atoms with E-state index in [-0.39, 0.29) is 28.4 Å². The molecule has 0 spiro atoms. The first-order valence-corrected chi connectivity index (χ1v) is 11.4. The molecule has 7 nitrogen and oxygen atoms in total. The molecular formula is C21H17F2N5O2S. The third kappa shape index (κ3) is 4.42. The Hall–Kier alpha value is -3.68. The van der Waals surface area contributed by atoms with Crippen molar-refractivity contribution >= 4 is 32.7 Å². The fraction of sp³-hybridized carbons (Fsp3) is 0.0952. The molecule has 2 aromatic heterocycles. The van der Waals surface area contributed by atoms with E-state index in [2.05, 4.69) is 19.6 Å². The fourth-order valence-electron chi connectivity index (χ4n) is 3.18. The van der Waals surface area contributed by atoms with Crippen LogP contribution >= 0.6 is 0 Å². The molecule has 2 aromatic carbocycles. The van der Waals surface area contributed by atoms with Gasteiger partial charge in [-0.25, -0.2) is 18.7 Å². The number of rotatable bonds is 5.